The molecule has 564 valence electrons. The summed E-state index contributed by atoms with van der Waals surface area (Å²) >= 11 is 24.7. The van der Waals surface area contributed by atoms with E-state index < -0.39 is 16.6 Å². The van der Waals surface area contributed by atoms with Gasteiger partial charge in [0.2, 0.25) is 27.7 Å². The summed E-state index contributed by atoms with van der Waals surface area (Å²) in [5, 5.41) is 53.0. The van der Waals surface area contributed by atoms with Crippen LogP contribution in [0.25, 0.3) is 54.5 Å². The van der Waals surface area contributed by atoms with Gasteiger partial charge in [-0.05, 0) is 195 Å². The Morgan fingerprint density at radius 1 is 0.472 bits per heavy atom. The van der Waals surface area contributed by atoms with E-state index in [1.807, 2.05) is 97.1 Å². The Morgan fingerprint density at radius 2 is 0.830 bits per heavy atom. The van der Waals surface area contributed by atoms with Crippen LogP contribution in [0.1, 0.15) is 148 Å². The van der Waals surface area contributed by atoms with Crippen molar-refractivity contribution in [3.63, 3.8) is 0 Å². The lowest BCUT2D eigenvalue weighted by Crippen LogP contribution is -2.48. The van der Waals surface area contributed by atoms with Gasteiger partial charge in [-0.15, -0.1) is 0 Å². The van der Waals surface area contributed by atoms with Crippen LogP contribution in [0.2, 0.25) is 20.1 Å². The van der Waals surface area contributed by atoms with E-state index in [9.17, 15) is 27.6 Å². The number of aliphatic hydroxyl groups is 1. The van der Waals surface area contributed by atoms with E-state index in [0.29, 0.717) is 104 Å². The van der Waals surface area contributed by atoms with Crippen LogP contribution in [0.15, 0.2) is 91.6 Å². The lowest BCUT2D eigenvalue weighted by molar-refractivity contribution is -0.136. The molecule has 0 spiro atoms. The summed E-state index contributed by atoms with van der Waals surface area (Å²) in [6, 6.07) is 19.8. The Bertz CT molecular complexity index is 4730. The van der Waals surface area contributed by atoms with Gasteiger partial charge in [0.1, 0.15) is 6.61 Å². The standard InChI is InChI=1S/C17H24N4O3S.C16H18ClN3O.C16H20ClN3O.C14H16ClN3O2.C13H15ClN4O/c1-25(22,23)21-6-4-20(5-7-21)17-11-14(13-2-8-24-9-3-13)10-16-15(17)12-18-19-16;17-12-7-13(14-9-18-19-15(14)8-12)10-3-5-20(6-4-10)16(21)11-1-2-11;1-10(2)16(21)20-5-3-11(4-6-20)13-7-12(17)8-15-14(13)9-18-19-15;15-10-5-11(12-7-16-17-13(12)6-10)9-1-3-18(4-2-9)14(20)8-19;14-9-5-10(11-7-16-17-12(11)6-9)8-1-3-18(4-2-8)13(15)19/h10-13H,2-9H2,1H3,(H,18,19);7-11H,1-6H2,(H,18,19);7-11H,3-6H2,1-2H3,(H,18,19);5-7,9,19H,1-4,8H2,(H,16,17);5-8H,1-4H2,(H2,15,19)(H,16,17). The number of ether oxygens (including phenoxy) is 1. The second-order valence-electron chi connectivity index (χ2n) is 29.3. The highest BCUT2D eigenvalue weighted by atomic mass is 35.5. The molecule has 0 atom stereocenters. The van der Waals surface area contributed by atoms with Gasteiger partial charge in [0.05, 0.1) is 64.8 Å². The van der Waals surface area contributed by atoms with Gasteiger partial charge in [-0.2, -0.15) is 29.8 Å². The molecule has 25 nitrogen and oxygen atoms in total. The van der Waals surface area contributed by atoms with Crippen LogP contribution in [0.5, 0.6) is 0 Å². The first-order valence-corrected chi connectivity index (χ1v) is 40.3. The van der Waals surface area contributed by atoms with Crippen molar-refractivity contribution in [2.75, 3.05) is 110 Å². The van der Waals surface area contributed by atoms with E-state index in [-0.39, 0.29) is 23.8 Å². The minimum absolute atomic E-state index is 0.0771. The third-order valence-corrected chi connectivity index (χ3v) is 24.3. The summed E-state index contributed by atoms with van der Waals surface area (Å²) < 4.78 is 30.5. The van der Waals surface area contributed by atoms with Crippen molar-refractivity contribution in [2.24, 2.45) is 17.6 Å². The summed E-state index contributed by atoms with van der Waals surface area (Å²) in [4.78, 5) is 56.5. The third kappa shape index (κ3) is 18.0. The Hall–Kier alpha value is -8.08. The molecule has 106 heavy (non-hydrogen) atoms. The Labute approximate surface area is 635 Å². The normalized spacial score (nSPS) is 18.5. The number of halogens is 4. The molecule has 7 fully saturated rings. The van der Waals surface area contributed by atoms with Crippen molar-refractivity contribution < 1.29 is 37.4 Å². The number of urea groups is 1. The molecule has 0 bridgehead atoms. The van der Waals surface area contributed by atoms with Crippen LogP contribution < -0.4 is 10.6 Å². The molecule has 1 aliphatic carbocycles. The second-order valence-corrected chi connectivity index (χ2v) is 33.0. The molecule has 0 unspecified atom stereocenters. The van der Waals surface area contributed by atoms with E-state index in [1.165, 1.54) is 34.1 Å². The Morgan fingerprint density at radius 3 is 1.19 bits per heavy atom. The Balaban J connectivity index is 0.000000118. The highest BCUT2D eigenvalue weighted by molar-refractivity contribution is 7.88. The molecular formula is C76H93Cl4N17O8S. The van der Waals surface area contributed by atoms with Crippen molar-refractivity contribution in [3.05, 3.63) is 140 Å². The molecule has 5 aromatic carbocycles. The summed E-state index contributed by atoms with van der Waals surface area (Å²) in [6.07, 6.45) is 22.4. The quantitative estimate of drug-likeness (QED) is 0.0670. The molecule has 17 rings (SSSR count). The van der Waals surface area contributed by atoms with Gasteiger partial charge in [0.15, 0.2) is 0 Å². The first-order valence-electron chi connectivity index (χ1n) is 36.9. The van der Waals surface area contributed by atoms with Gasteiger partial charge in [-0.3, -0.25) is 39.9 Å². The summed E-state index contributed by atoms with van der Waals surface area (Å²) in [6.45, 7) is 13.7. The fraction of sp³-hybridized carbons (Fsp3) is 0.487. The minimum Gasteiger partial charge on any atom is -0.387 e. The van der Waals surface area contributed by atoms with Crippen LogP contribution in [0.3, 0.4) is 0 Å². The maximum atomic E-state index is 12.1. The zero-order chi connectivity index (χ0) is 74.3. The molecule has 5 amide bonds. The van der Waals surface area contributed by atoms with Crippen molar-refractivity contribution in [1.82, 2.24) is 74.9 Å². The number of fused-ring (bicyclic) bond motifs is 5. The number of carbonyl (C=O) groups is 4. The van der Waals surface area contributed by atoms with Crippen molar-refractivity contribution >= 4 is 140 Å². The number of likely N-dealkylation sites (tertiary alicyclic amines) is 4. The fourth-order valence-corrected chi connectivity index (χ4v) is 17.8. The third-order valence-electron chi connectivity index (χ3n) is 22.1. The lowest BCUT2D eigenvalue weighted by Gasteiger charge is -2.35. The zero-order valence-corrected chi connectivity index (χ0v) is 63.9. The SMILES string of the molecule is CC(C)C(=O)N1CCC(c2cc(Cl)cc3[nH]ncc23)CC1.CS(=O)(=O)N1CCN(c2cc(C3CCOCC3)cc3[nH]ncc23)CC1.NC(=O)N1CCC(c2cc(Cl)cc3[nH]ncc23)CC1.O=C(C1CC1)N1CCC(c2cc(Cl)cc3[nH]ncc23)CC1.O=C(CO)N1CCC(c2cc(Cl)cc3[nH]ncc23)CC1. The molecule has 6 saturated heterocycles. The summed E-state index contributed by atoms with van der Waals surface area (Å²) in [5.41, 5.74) is 17.6. The smallest absolute Gasteiger partial charge is 0.314 e. The topological polar surface area (TPSA) is 321 Å². The number of nitrogens with one attached hydrogen (secondary N) is 5. The monoisotopic (exact) mass is 1540 g/mol. The number of benzene rings is 5. The molecule has 8 N–H and O–H groups in total. The second kappa shape index (κ2) is 34.0. The molecule has 30 heteroatoms. The minimum atomic E-state index is -3.11. The molecule has 6 aliphatic heterocycles. The number of amides is 5. The number of hydrogen-bond acceptors (Lipinski definition) is 14. The average Bonchev–Trinajstić information content (AvgIpc) is 1.48. The highest BCUT2D eigenvalue weighted by Gasteiger charge is 2.36. The van der Waals surface area contributed by atoms with Crippen LogP contribution in [-0.2, 0) is 29.1 Å². The largest absolute Gasteiger partial charge is 0.387 e. The lowest BCUT2D eigenvalue weighted by atomic mass is 9.87. The predicted molar refractivity (Wildman–Crippen MR) is 415 cm³/mol. The van der Waals surface area contributed by atoms with Gasteiger partial charge in [0.25, 0.3) is 0 Å². The number of aromatic nitrogens is 10. The number of primary amides is 1. The fourth-order valence-electron chi connectivity index (χ4n) is 16.1. The number of rotatable bonds is 10. The van der Waals surface area contributed by atoms with E-state index in [1.54, 1.807) is 14.1 Å². The predicted octanol–water partition coefficient (Wildman–Crippen LogP) is 12.8. The van der Waals surface area contributed by atoms with Gasteiger partial charge >= 0.3 is 6.03 Å². The molecule has 10 aromatic rings. The van der Waals surface area contributed by atoms with Crippen LogP contribution in [0.4, 0.5) is 10.5 Å². The summed E-state index contributed by atoms with van der Waals surface area (Å²) in [5.74, 6) is 3.03. The number of carbonyl (C=O) groups excluding carboxylic acids is 4. The number of aliphatic hydroxyl groups excluding tert-OH is 1. The number of nitrogens with two attached hydrogens (primary N) is 1. The number of anilines is 1. The van der Waals surface area contributed by atoms with Gasteiger partial charge in [-0.1, -0.05) is 60.3 Å². The first-order chi connectivity index (χ1) is 51.1. The van der Waals surface area contributed by atoms with Gasteiger partial charge in [-0.25, -0.2) is 13.2 Å². The van der Waals surface area contributed by atoms with Crippen LogP contribution in [-0.4, -0.2) is 217 Å². The number of piperidine rings is 4. The maximum Gasteiger partial charge on any atom is 0.314 e. The van der Waals surface area contributed by atoms with Crippen molar-refractivity contribution in [2.45, 2.75) is 120 Å². The number of hydrogen-bond donors (Lipinski definition) is 7. The van der Waals surface area contributed by atoms with Crippen molar-refractivity contribution in [1.29, 1.82) is 0 Å². The van der Waals surface area contributed by atoms with Crippen LogP contribution in [0, 0.1) is 11.8 Å². The number of piperazine rings is 1. The van der Waals surface area contributed by atoms with E-state index in [4.69, 9.17) is 62.0 Å². The Kier molecular flexibility index (Phi) is 24.4. The molecular weight excluding hydrogens is 1450 g/mol. The number of H-pyrrole nitrogens is 5. The van der Waals surface area contributed by atoms with E-state index in [2.05, 4.69) is 74.1 Å². The van der Waals surface area contributed by atoms with E-state index in [0.717, 1.165) is 187 Å². The first kappa shape index (κ1) is 76.1. The average molecular weight is 1550 g/mol. The maximum absolute atomic E-state index is 12.1. The molecule has 0 radical (unpaired) electrons. The van der Waals surface area contributed by atoms with Gasteiger partial charge in [0, 0.05) is 156 Å². The number of aromatic amines is 5. The molecule has 1 saturated carbocycles. The van der Waals surface area contributed by atoms with E-state index >= 15 is 0 Å². The molecule has 5 aromatic heterocycles. The van der Waals surface area contributed by atoms with Crippen LogP contribution >= 0.6 is 46.4 Å². The number of nitrogens with zero attached hydrogens (tertiary/aromatic N) is 11. The zero-order valence-electron chi connectivity index (χ0n) is 60.0. The molecule has 7 aliphatic rings. The summed E-state index contributed by atoms with van der Waals surface area (Å²) in [7, 11) is -3.11. The number of sulfonamides is 1. The highest BCUT2D eigenvalue weighted by Crippen LogP contribution is 2.41. The van der Waals surface area contributed by atoms with Crippen molar-refractivity contribution in [3.8, 4) is 0 Å². The molecule has 11 heterocycles. The van der Waals surface area contributed by atoms with Gasteiger partial charge < -0.3 is 40.1 Å².